The molecule has 0 unspecified atom stereocenters. The van der Waals surface area contributed by atoms with Crippen LogP contribution in [-0.2, 0) is 0 Å². The van der Waals surface area contributed by atoms with Crippen molar-refractivity contribution in [2.75, 3.05) is 11.9 Å². The van der Waals surface area contributed by atoms with E-state index in [-0.39, 0.29) is 23.3 Å². The molecule has 0 spiro atoms. The lowest BCUT2D eigenvalue weighted by Gasteiger charge is -2.07. The molecule has 0 aliphatic heterocycles. The molecular formula is C19H20N4O2. The molecule has 0 fully saturated rings. The fourth-order valence-electron chi connectivity index (χ4n) is 2.58. The molecule has 0 saturated carbocycles. The third-order valence-corrected chi connectivity index (χ3v) is 3.90. The summed E-state index contributed by atoms with van der Waals surface area (Å²) < 4.78 is 1.63. The number of fused-ring (bicyclic) bond motifs is 1. The standard InChI is InChI=1S/C19H20N4O2/c1-3-11-20-18(24)16-15-10-6-7-12-23(15)17(22-16)19(25)21-14-9-5-4-8-13(14)2/h4-10,12H,3,11H2,1-2H3,(H,20,24)(H,21,25). The molecule has 0 aliphatic rings. The zero-order valence-corrected chi connectivity index (χ0v) is 14.2. The van der Waals surface area contributed by atoms with Crippen LogP contribution in [0.2, 0.25) is 0 Å². The van der Waals surface area contributed by atoms with Gasteiger partial charge in [0.05, 0.1) is 5.52 Å². The van der Waals surface area contributed by atoms with E-state index >= 15 is 0 Å². The first-order valence-electron chi connectivity index (χ1n) is 8.24. The summed E-state index contributed by atoms with van der Waals surface area (Å²) in [5.74, 6) is -0.453. The summed E-state index contributed by atoms with van der Waals surface area (Å²) in [6, 6.07) is 12.9. The molecule has 6 nitrogen and oxygen atoms in total. The molecule has 0 radical (unpaired) electrons. The van der Waals surface area contributed by atoms with Crippen molar-refractivity contribution in [1.29, 1.82) is 0 Å². The van der Waals surface area contributed by atoms with Crippen LogP contribution in [0.5, 0.6) is 0 Å². The van der Waals surface area contributed by atoms with Crippen molar-refractivity contribution in [2.45, 2.75) is 20.3 Å². The zero-order valence-electron chi connectivity index (χ0n) is 14.2. The number of amides is 2. The highest BCUT2D eigenvalue weighted by atomic mass is 16.2. The fraction of sp³-hybridized carbons (Fsp3) is 0.211. The summed E-state index contributed by atoms with van der Waals surface area (Å²) in [6.45, 7) is 4.46. The normalized spacial score (nSPS) is 10.6. The van der Waals surface area contributed by atoms with E-state index in [1.807, 2.05) is 44.2 Å². The number of hydrogen-bond donors (Lipinski definition) is 2. The van der Waals surface area contributed by atoms with Gasteiger partial charge >= 0.3 is 0 Å². The Balaban J connectivity index is 1.97. The van der Waals surface area contributed by atoms with Crippen LogP contribution in [0.25, 0.3) is 5.52 Å². The van der Waals surface area contributed by atoms with Crippen molar-refractivity contribution in [3.63, 3.8) is 0 Å². The summed E-state index contributed by atoms with van der Waals surface area (Å²) in [4.78, 5) is 29.4. The molecule has 0 bridgehead atoms. The SMILES string of the molecule is CCCNC(=O)c1nc(C(=O)Nc2ccccc2C)n2ccccc12. The Morgan fingerprint density at radius 2 is 1.84 bits per heavy atom. The number of aryl methyl sites for hydroxylation is 1. The minimum atomic E-state index is -0.356. The predicted molar refractivity (Wildman–Crippen MR) is 96.9 cm³/mol. The van der Waals surface area contributed by atoms with E-state index in [1.165, 1.54) is 0 Å². The summed E-state index contributed by atoms with van der Waals surface area (Å²) in [7, 11) is 0. The third-order valence-electron chi connectivity index (χ3n) is 3.90. The summed E-state index contributed by atoms with van der Waals surface area (Å²) in [6.07, 6.45) is 2.56. The van der Waals surface area contributed by atoms with E-state index in [9.17, 15) is 9.59 Å². The van der Waals surface area contributed by atoms with Gasteiger partial charge in [0, 0.05) is 18.4 Å². The van der Waals surface area contributed by atoms with Crippen molar-refractivity contribution in [1.82, 2.24) is 14.7 Å². The Bertz CT molecular complexity index is 930. The predicted octanol–water partition coefficient (Wildman–Crippen LogP) is 3.03. The number of nitrogens with zero attached hydrogens (tertiary/aromatic N) is 2. The number of para-hydroxylation sites is 1. The monoisotopic (exact) mass is 336 g/mol. The van der Waals surface area contributed by atoms with E-state index < -0.39 is 0 Å². The number of benzene rings is 1. The van der Waals surface area contributed by atoms with Gasteiger partial charge in [-0.2, -0.15) is 0 Å². The molecule has 128 valence electrons. The number of hydrogen-bond acceptors (Lipinski definition) is 3. The van der Waals surface area contributed by atoms with Crippen LogP contribution in [0.1, 0.15) is 40.0 Å². The number of aromatic nitrogens is 2. The highest BCUT2D eigenvalue weighted by Crippen LogP contribution is 2.17. The maximum Gasteiger partial charge on any atom is 0.292 e. The van der Waals surface area contributed by atoms with Gasteiger partial charge in [0.2, 0.25) is 5.82 Å². The average Bonchev–Trinajstić information content (AvgIpc) is 3.01. The van der Waals surface area contributed by atoms with Crippen molar-refractivity contribution < 1.29 is 9.59 Å². The van der Waals surface area contributed by atoms with E-state index in [0.717, 1.165) is 17.7 Å². The first-order chi connectivity index (χ1) is 12.1. The number of rotatable bonds is 5. The van der Waals surface area contributed by atoms with Crippen LogP contribution < -0.4 is 10.6 Å². The lowest BCUT2D eigenvalue weighted by atomic mass is 10.2. The minimum absolute atomic E-state index is 0.181. The Hall–Kier alpha value is -3.15. The van der Waals surface area contributed by atoms with Crippen molar-refractivity contribution in [3.05, 3.63) is 65.7 Å². The Kier molecular flexibility index (Phi) is 4.79. The number of carbonyl (C=O) groups is 2. The molecule has 2 N–H and O–H groups in total. The van der Waals surface area contributed by atoms with Gasteiger partial charge in [-0.05, 0) is 37.1 Å². The van der Waals surface area contributed by atoms with E-state index in [1.54, 1.807) is 22.7 Å². The molecule has 3 rings (SSSR count). The maximum atomic E-state index is 12.7. The third kappa shape index (κ3) is 3.38. The lowest BCUT2D eigenvalue weighted by molar-refractivity contribution is 0.0951. The van der Waals surface area contributed by atoms with Gasteiger partial charge in [-0.3, -0.25) is 14.0 Å². The molecule has 25 heavy (non-hydrogen) atoms. The molecule has 2 amide bonds. The molecule has 2 aromatic heterocycles. The van der Waals surface area contributed by atoms with Crippen molar-refractivity contribution in [3.8, 4) is 0 Å². The molecule has 0 saturated heterocycles. The smallest absolute Gasteiger partial charge is 0.292 e. The molecule has 0 atom stereocenters. The van der Waals surface area contributed by atoms with Crippen LogP contribution in [0.3, 0.4) is 0 Å². The summed E-state index contributed by atoms with van der Waals surface area (Å²) in [5, 5.41) is 5.67. The van der Waals surface area contributed by atoms with Gasteiger partial charge in [-0.25, -0.2) is 4.98 Å². The Labute approximate surface area is 145 Å². The fourth-order valence-corrected chi connectivity index (χ4v) is 2.58. The van der Waals surface area contributed by atoms with Crippen molar-refractivity contribution in [2.24, 2.45) is 0 Å². The number of carbonyl (C=O) groups excluding carboxylic acids is 2. The molecule has 3 aromatic rings. The molecule has 6 heteroatoms. The highest BCUT2D eigenvalue weighted by molar-refractivity contribution is 6.06. The lowest BCUT2D eigenvalue weighted by Crippen LogP contribution is -2.24. The second-order valence-electron chi connectivity index (χ2n) is 5.76. The van der Waals surface area contributed by atoms with Crippen LogP contribution in [0, 0.1) is 6.92 Å². The minimum Gasteiger partial charge on any atom is -0.351 e. The largest absolute Gasteiger partial charge is 0.351 e. The van der Waals surface area contributed by atoms with Gasteiger partial charge in [0.15, 0.2) is 5.69 Å². The van der Waals surface area contributed by atoms with Crippen LogP contribution in [-0.4, -0.2) is 27.7 Å². The topological polar surface area (TPSA) is 75.5 Å². The highest BCUT2D eigenvalue weighted by Gasteiger charge is 2.21. The van der Waals surface area contributed by atoms with Gasteiger partial charge < -0.3 is 10.6 Å². The van der Waals surface area contributed by atoms with Gasteiger partial charge in [0.25, 0.3) is 11.8 Å². The van der Waals surface area contributed by atoms with Crippen LogP contribution >= 0.6 is 0 Å². The van der Waals surface area contributed by atoms with Gasteiger partial charge in [-0.1, -0.05) is 31.2 Å². The second kappa shape index (κ2) is 7.17. The first-order valence-corrected chi connectivity index (χ1v) is 8.24. The van der Waals surface area contributed by atoms with E-state index in [0.29, 0.717) is 12.1 Å². The maximum absolute atomic E-state index is 12.7. The molecule has 2 heterocycles. The summed E-state index contributed by atoms with van der Waals surface area (Å²) in [5.41, 5.74) is 2.53. The summed E-state index contributed by atoms with van der Waals surface area (Å²) >= 11 is 0. The number of pyridine rings is 1. The number of nitrogens with one attached hydrogen (secondary N) is 2. The Morgan fingerprint density at radius 1 is 1.08 bits per heavy atom. The van der Waals surface area contributed by atoms with Gasteiger partial charge in [0.1, 0.15) is 0 Å². The number of anilines is 1. The average molecular weight is 336 g/mol. The van der Waals surface area contributed by atoms with Crippen LogP contribution in [0.4, 0.5) is 5.69 Å². The van der Waals surface area contributed by atoms with Crippen LogP contribution in [0.15, 0.2) is 48.7 Å². The van der Waals surface area contributed by atoms with Crippen molar-refractivity contribution >= 4 is 23.0 Å². The molecular weight excluding hydrogens is 316 g/mol. The second-order valence-corrected chi connectivity index (χ2v) is 5.76. The quantitative estimate of drug-likeness (QED) is 0.752. The first kappa shape index (κ1) is 16.7. The Morgan fingerprint density at radius 3 is 2.60 bits per heavy atom. The number of imidazole rings is 1. The molecule has 0 aliphatic carbocycles. The van der Waals surface area contributed by atoms with E-state index in [2.05, 4.69) is 15.6 Å². The zero-order chi connectivity index (χ0) is 17.8. The van der Waals surface area contributed by atoms with Gasteiger partial charge in [-0.15, -0.1) is 0 Å². The molecule has 1 aromatic carbocycles. The van der Waals surface area contributed by atoms with E-state index in [4.69, 9.17) is 0 Å².